The molecule has 0 aliphatic heterocycles. The number of halogens is 1. The minimum absolute atomic E-state index is 0.172. The van der Waals surface area contributed by atoms with Gasteiger partial charge in [-0.2, -0.15) is 0 Å². The Labute approximate surface area is 97.6 Å². The molecule has 0 saturated heterocycles. The number of methoxy groups -OCH3 is 1. The molecule has 1 aromatic rings. The third kappa shape index (κ3) is 5.11. The van der Waals surface area contributed by atoms with Crippen molar-refractivity contribution in [1.82, 2.24) is 10.3 Å². The van der Waals surface area contributed by atoms with Gasteiger partial charge < -0.3 is 10.1 Å². The molecular weight excluding hydrogens is 236 g/mol. The number of aromatic nitrogens is 1. The van der Waals surface area contributed by atoms with Gasteiger partial charge >= 0.3 is 5.97 Å². The second kappa shape index (κ2) is 6.76. The zero-order valence-corrected chi connectivity index (χ0v) is 10.0. The van der Waals surface area contributed by atoms with Crippen molar-refractivity contribution in [3.63, 3.8) is 0 Å². The fourth-order valence-electron chi connectivity index (χ4n) is 1.02. The van der Waals surface area contributed by atoms with Gasteiger partial charge in [-0.15, -0.1) is 11.3 Å². The molecule has 0 radical (unpaired) electrons. The van der Waals surface area contributed by atoms with Gasteiger partial charge in [0.05, 0.1) is 13.3 Å². The molecule has 1 rings (SSSR count). The van der Waals surface area contributed by atoms with Crippen LogP contribution in [0.1, 0.15) is 17.8 Å². The minimum Gasteiger partial charge on any atom is -0.469 e. The highest BCUT2D eigenvalue weighted by Gasteiger charge is 2.01. The third-order valence-electron chi connectivity index (χ3n) is 1.76. The van der Waals surface area contributed by atoms with Crippen molar-refractivity contribution in [3.8, 4) is 0 Å². The Bertz CT molecular complexity index is 317. The molecule has 0 saturated carbocycles. The summed E-state index contributed by atoms with van der Waals surface area (Å²) < 4.78 is 5.22. The first-order valence-corrected chi connectivity index (χ1v) is 5.79. The van der Waals surface area contributed by atoms with E-state index in [9.17, 15) is 4.79 Å². The summed E-state index contributed by atoms with van der Waals surface area (Å²) >= 11 is 7.18. The topological polar surface area (TPSA) is 51.2 Å². The molecule has 1 N–H and O–H groups in total. The zero-order valence-electron chi connectivity index (χ0n) is 8.46. The van der Waals surface area contributed by atoms with Crippen LogP contribution >= 0.6 is 22.9 Å². The average molecular weight is 249 g/mol. The summed E-state index contributed by atoms with van der Waals surface area (Å²) in [7, 11) is 1.40. The van der Waals surface area contributed by atoms with E-state index in [0.717, 1.165) is 18.0 Å². The van der Waals surface area contributed by atoms with Crippen LogP contribution in [0.2, 0.25) is 4.34 Å². The number of hydrogen-bond donors (Lipinski definition) is 1. The highest BCUT2D eigenvalue weighted by Crippen LogP contribution is 2.17. The summed E-state index contributed by atoms with van der Waals surface area (Å²) in [5.41, 5.74) is 0. The highest BCUT2D eigenvalue weighted by molar-refractivity contribution is 7.15. The van der Waals surface area contributed by atoms with E-state index in [4.69, 9.17) is 11.6 Å². The van der Waals surface area contributed by atoms with Gasteiger partial charge in [0.1, 0.15) is 9.34 Å². The number of esters is 1. The quantitative estimate of drug-likeness (QED) is 0.617. The number of hydrogen-bond acceptors (Lipinski definition) is 5. The Balaban J connectivity index is 2.05. The number of ether oxygens (including phenoxy) is 1. The van der Waals surface area contributed by atoms with E-state index in [0.29, 0.717) is 17.3 Å². The maximum absolute atomic E-state index is 10.8. The van der Waals surface area contributed by atoms with Crippen LogP contribution in [0.25, 0.3) is 0 Å². The molecule has 0 atom stereocenters. The monoisotopic (exact) mass is 248 g/mol. The van der Waals surface area contributed by atoms with Crippen LogP contribution in [0.15, 0.2) is 6.20 Å². The van der Waals surface area contributed by atoms with Crippen molar-refractivity contribution in [2.45, 2.75) is 19.4 Å². The Kier molecular flexibility index (Phi) is 5.60. The number of nitrogens with one attached hydrogen (secondary N) is 1. The molecule has 1 heterocycles. The van der Waals surface area contributed by atoms with Crippen molar-refractivity contribution in [1.29, 1.82) is 0 Å². The number of carbonyl (C=O) groups is 1. The molecule has 0 aromatic carbocycles. The SMILES string of the molecule is COC(=O)CCCNCc1ncc(Cl)s1. The highest BCUT2D eigenvalue weighted by atomic mass is 35.5. The summed E-state index contributed by atoms with van der Waals surface area (Å²) in [5.74, 6) is -0.172. The van der Waals surface area contributed by atoms with Gasteiger partial charge in [-0.3, -0.25) is 4.79 Å². The Morgan fingerprint density at radius 3 is 3.13 bits per heavy atom. The molecule has 0 spiro atoms. The van der Waals surface area contributed by atoms with E-state index >= 15 is 0 Å². The average Bonchev–Trinajstić information content (AvgIpc) is 2.63. The summed E-state index contributed by atoms with van der Waals surface area (Å²) in [6.07, 6.45) is 2.85. The molecule has 0 bridgehead atoms. The van der Waals surface area contributed by atoms with Gasteiger partial charge in [-0.05, 0) is 13.0 Å². The molecule has 0 aliphatic carbocycles. The Hall–Kier alpha value is -0.650. The standard InChI is InChI=1S/C9H13ClN2O2S/c1-14-9(13)3-2-4-11-6-8-12-5-7(10)15-8/h5,11H,2-4,6H2,1H3. The molecule has 4 nitrogen and oxygen atoms in total. The number of carbonyl (C=O) groups excluding carboxylic acids is 1. The van der Waals surface area contributed by atoms with Gasteiger partial charge in [0.25, 0.3) is 0 Å². The first-order chi connectivity index (χ1) is 7.22. The fourth-order valence-corrected chi connectivity index (χ4v) is 1.95. The lowest BCUT2D eigenvalue weighted by Gasteiger charge is -2.01. The molecule has 15 heavy (non-hydrogen) atoms. The maximum atomic E-state index is 10.8. The summed E-state index contributed by atoms with van der Waals surface area (Å²) in [6, 6.07) is 0. The zero-order chi connectivity index (χ0) is 11.1. The number of thiazole rings is 1. The molecule has 6 heteroatoms. The number of nitrogens with zero attached hydrogens (tertiary/aromatic N) is 1. The minimum atomic E-state index is -0.172. The molecule has 0 unspecified atom stereocenters. The molecule has 84 valence electrons. The van der Waals surface area contributed by atoms with Crippen molar-refractivity contribution >= 4 is 28.9 Å². The first kappa shape index (κ1) is 12.4. The Morgan fingerprint density at radius 1 is 1.73 bits per heavy atom. The lowest BCUT2D eigenvalue weighted by molar-refractivity contribution is -0.140. The van der Waals surface area contributed by atoms with E-state index in [1.165, 1.54) is 18.4 Å². The predicted octanol–water partition coefficient (Wildman–Crippen LogP) is 1.84. The molecule has 0 aliphatic rings. The molecule has 0 fully saturated rings. The van der Waals surface area contributed by atoms with Crippen LogP contribution < -0.4 is 5.32 Å². The number of rotatable bonds is 6. The molecule has 1 aromatic heterocycles. The summed E-state index contributed by atoms with van der Waals surface area (Å²) in [5, 5.41) is 4.13. The van der Waals surface area contributed by atoms with Gasteiger partial charge in [0.2, 0.25) is 0 Å². The first-order valence-electron chi connectivity index (χ1n) is 4.60. The van der Waals surface area contributed by atoms with Crippen LogP contribution in [0, 0.1) is 0 Å². The van der Waals surface area contributed by atoms with Crippen molar-refractivity contribution in [2.75, 3.05) is 13.7 Å². The van der Waals surface area contributed by atoms with Gasteiger partial charge in [0.15, 0.2) is 0 Å². The second-order valence-electron chi connectivity index (χ2n) is 2.91. The van der Waals surface area contributed by atoms with E-state index < -0.39 is 0 Å². The smallest absolute Gasteiger partial charge is 0.305 e. The van der Waals surface area contributed by atoms with Crippen molar-refractivity contribution in [3.05, 3.63) is 15.5 Å². The van der Waals surface area contributed by atoms with Crippen LogP contribution in [0.4, 0.5) is 0 Å². The normalized spacial score (nSPS) is 10.3. The third-order valence-corrected chi connectivity index (χ3v) is 2.88. The second-order valence-corrected chi connectivity index (χ2v) is 4.66. The van der Waals surface area contributed by atoms with Gasteiger partial charge in [-0.1, -0.05) is 11.6 Å². The van der Waals surface area contributed by atoms with E-state index in [1.54, 1.807) is 6.20 Å². The largest absolute Gasteiger partial charge is 0.469 e. The predicted molar refractivity (Wildman–Crippen MR) is 60.1 cm³/mol. The maximum Gasteiger partial charge on any atom is 0.305 e. The van der Waals surface area contributed by atoms with Crippen LogP contribution in [-0.4, -0.2) is 24.6 Å². The Morgan fingerprint density at radius 2 is 2.53 bits per heavy atom. The van der Waals surface area contributed by atoms with E-state index in [1.807, 2.05) is 0 Å². The van der Waals surface area contributed by atoms with E-state index in [-0.39, 0.29) is 5.97 Å². The van der Waals surface area contributed by atoms with Crippen LogP contribution in [0.5, 0.6) is 0 Å². The van der Waals surface area contributed by atoms with Crippen LogP contribution in [0.3, 0.4) is 0 Å². The lowest BCUT2D eigenvalue weighted by Crippen LogP contribution is -2.15. The molecular formula is C9H13ClN2O2S. The summed E-state index contributed by atoms with van der Waals surface area (Å²) in [4.78, 5) is 14.9. The van der Waals surface area contributed by atoms with Gasteiger partial charge in [0, 0.05) is 13.0 Å². The van der Waals surface area contributed by atoms with Gasteiger partial charge in [-0.25, -0.2) is 4.98 Å². The van der Waals surface area contributed by atoms with Crippen molar-refractivity contribution < 1.29 is 9.53 Å². The lowest BCUT2D eigenvalue weighted by atomic mass is 10.3. The summed E-state index contributed by atoms with van der Waals surface area (Å²) in [6.45, 7) is 1.46. The van der Waals surface area contributed by atoms with Crippen LogP contribution in [-0.2, 0) is 16.1 Å². The van der Waals surface area contributed by atoms with E-state index in [2.05, 4.69) is 15.0 Å². The van der Waals surface area contributed by atoms with Crippen molar-refractivity contribution in [2.24, 2.45) is 0 Å². The molecule has 0 amide bonds. The fraction of sp³-hybridized carbons (Fsp3) is 0.556.